The summed E-state index contributed by atoms with van der Waals surface area (Å²) in [7, 11) is 0. The van der Waals surface area contributed by atoms with Gasteiger partial charge >= 0.3 is 0 Å². The SMILES string of the molecule is O=Cc1cc(Cc2ccc3oc(C(=O)c4ccc(Br)cc4)cc3c2)ccc1OCc1cn(-c2ccc(F)cc2)nn1. The normalized spacial score (nSPS) is 11.1. The van der Waals surface area contributed by atoms with E-state index in [9.17, 15) is 14.0 Å². The van der Waals surface area contributed by atoms with Gasteiger partial charge in [0.1, 0.15) is 29.5 Å². The smallest absolute Gasteiger partial charge is 0.228 e. The van der Waals surface area contributed by atoms with Crippen molar-refractivity contribution in [2.75, 3.05) is 0 Å². The molecule has 0 bridgehead atoms. The van der Waals surface area contributed by atoms with E-state index >= 15 is 0 Å². The fourth-order valence-electron chi connectivity index (χ4n) is 4.46. The number of ketones is 1. The summed E-state index contributed by atoms with van der Waals surface area (Å²) in [6.07, 6.45) is 3.02. The summed E-state index contributed by atoms with van der Waals surface area (Å²) in [5.74, 6) is 0.199. The predicted octanol–water partition coefficient (Wildman–Crippen LogP) is 7.13. The first-order valence-corrected chi connectivity index (χ1v) is 13.5. The van der Waals surface area contributed by atoms with Gasteiger partial charge in [-0.1, -0.05) is 33.3 Å². The van der Waals surface area contributed by atoms with Crippen molar-refractivity contribution in [1.29, 1.82) is 0 Å². The molecule has 0 spiro atoms. The molecule has 0 radical (unpaired) electrons. The van der Waals surface area contributed by atoms with Crippen LogP contribution >= 0.6 is 15.9 Å². The third-order valence-corrected chi connectivity index (χ3v) is 7.06. The van der Waals surface area contributed by atoms with Gasteiger partial charge in [0.2, 0.25) is 5.78 Å². The van der Waals surface area contributed by atoms with Gasteiger partial charge in [-0.2, -0.15) is 0 Å². The van der Waals surface area contributed by atoms with Crippen molar-refractivity contribution in [3.63, 3.8) is 0 Å². The van der Waals surface area contributed by atoms with Gasteiger partial charge in [-0.25, -0.2) is 9.07 Å². The van der Waals surface area contributed by atoms with Crippen LogP contribution in [0.4, 0.5) is 4.39 Å². The predicted molar refractivity (Wildman–Crippen MR) is 154 cm³/mol. The molecule has 0 N–H and O–H groups in total. The molecule has 0 amide bonds. The van der Waals surface area contributed by atoms with Crippen molar-refractivity contribution in [1.82, 2.24) is 15.0 Å². The largest absolute Gasteiger partial charge is 0.486 e. The first-order valence-electron chi connectivity index (χ1n) is 12.7. The lowest BCUT2D eigenvalue weighted by Crippen LogP contribution is -2.00. The molecule has 0 aliphatic rings. The van der Waals surface area contributed by atoms with Crippen molar-refractivity contribution in [3.05, 3.63) is 141 Å². The number of benzene rings is 4. The highest BCUT2D eigenvalue weighted by Crippen LogP contribution is 2.26. The molecule has 202 valence electrons. The number of ether oxygens (including phenoxy) is 1. The Morgan fingerprint density at radius 1 is 0.951 bits per heavy atom. The highest BCUT2D eigenvalue weighted by atomic mass is 79.9. The molecule has 0 atom stereocenters. The van der Waals surface area contributed by atoms with E-state index in [-0.39, 0.29) is 24.0 Å². The maximum atomic E-state index is 13.2. The average Bonchev–Trinajstić information content (AvgIpc) is 3.64. The standard InChI is InChI=1S/C32H21BrFN3O4/c33-25-5-3-22(4-6-25)32(39)31-16-23-14-20(2-12-30(23)41-31)13-21-1-11-29(24(15-21)18-38)40-19-27-17-37(36-35-27)28-9-7-26(34)8-10-28/h1-12,14-18H,13,19H2. The fraction of sp³-hybridized carbons (Fsp3) is 0.0625. The topological polar surface area (TPSA) is 87.2 Å². The molecular formula is C32H21BrFN3O4. The van der Waals surface area contributed by atoms with Crippen molar-refractivity contribution >= 4 is 39.0 Å². The van der Waals surface area contributed by atoms with Crippen LogP contribution in [0.1, 0.15) is 43.3 Å². The van der Waals surface area contributed by atoms with Gasteiger partial charge in [0.15, 0.2) is 12.0 Å². The Morgan fingerprint density at radius 3 is 2.49 bits per heavy atom. The van der Waals surface area contributed by atoms with Crippen LogP contribution in [0.5, 0.6) is 5.75 Å². The maximum Gasteiger partial charge on any atom is 0.228 e. The van der Waals surface area contributed by atoms with Crippen molar-refractivity contribution in [2.45, 2.75) is 13.0 Å². The van der Waals surface area contributed by atoms with Crippen molar-refractivity contribution in [2.24, 2.45) is 0 Å². The minimum atomic E-state index is -0.331. The number of nitrogens with zero attached hydrogens (tertiary/aromatic N) is 3. The zero-order valence-corrected chi connectivity index (χ0v) is 23.0. The second kappa shape index (κ2) is 11.3. The molecule has 0 saturated heterocycles. The molecular weight excluding hydrogens is 589 g/mol. The lowest BCUT2D eigenvalue weighted by Gasteiger charge is -2.09. The van der Waals surface area contributed by atoms with Crippen LogP contribution in [0.2, 0.25) is 0 Å². The van der Waals surface area contributed by atoms with Crippen molar-refractivity contribution in [3.8, 4) is 11.4 Å². The summed E-state index contributed by atoms with van der Waals surface area (Å²) in [5, 5.41) is 8.97. The third-order valence-electron chi connectivity index (χ3n) is 6.53. The number of furan rings is 1. The van der Waals surface area contributed by atoms with E-state index in [0.29, 0.717) is 40.3 Å². The molecule has 9 heteroatoms. The molecule has 6 aromatic rings. The highest BCUT2D eigenvalue weighted by Gasteiger charge is 2.15. The zero-order valence-electron chi connectivity index (χ0n) is 21.5. The molecule has 0 fully saturated rings. The molecule has 0 unspecified atom stereocenters. The van der Waals surface area contributed by atoms with Gasteiger partial charge in [0.05, 0.1) is 17.4 Å². The molecule has 2 aromatic heterocycles. The molecule has 2 heterocycles. The van der Waals surface area contributed by atoms with Gasteiger partial charge in [0.25, 0.3) is 0 Å². The number of aldehydes is 1. The molecule has 0 aliphatic carbocycles. The van der Waals surface area contributed by atoms with Crippen LogP contribution in [0.25, 0.3) is 16.7 Å². The Morgan fingerprint density at radius 2 is 1.71 bits per heavy atom. The van der Waals surface area contributed by atoms with Crippen LogP contribution in [0.15, 0.2) is 106 Å². The molecule has 7 nitrogen and oxygen atoms in total. The second-order valence-electron chi connectivity index (χ2n) is 9.41. The van der Waals surface area contributed by atoms with Gasteiger partial charge < -0.3 is 9.15 Å². The number of hydrogen-bond acceptors (Lipinski definition) is 6. The summed E-state index contributed by atoms with van der Waals surface area (Å²) in [6.45, 7) is 0.111. The van der Waals surface area contributed by atoms with E-state index in [2.05, 4.69) is 26.2 Å². The first kappa shape index (κ1) is 26.3. The summed E-state index contributed by atoms with van der Waals surface area (Å²) in [6, 6.07) is 26.0. The van der Waals surface area contributed by atoms with Gasteiger partial charge in [0, 0.05) is 15.4 Å². The molecule has 0 saturated carbocycles. The minimum Gasteiger partial charge on any atom is -0.486 e. The first-order chi connectivity index (χ1) is 19.9. The maximum absolute atomic E-state index is 13.2. The monoisotopic (exact) mass is 609 g/mol. The van der Waals surface area contributed by atoms with E-state index in [0.717, 1.165) is 27.3 Å². The van der Waals surface area contributed by atoms with E-state index in [4.69, 9.17) is 9.15 Å². The van der Waals surface area contributed by atoms with Crippen LogP contribution in [0.3, 0.4) is 0 Å². The Balaban J connectivity index is 1.14. The number of carbonyl (C=O) groups is 2. The van der Waals surface area contributed by atoms with Gasteiger partial charge in [-0.15, -0.1) is 5.10 Å². The Labute approximate surface area is 242 Å². The zero-order chi connectivity index (χ0) is 28.3. The summed E-state index contributed by atoms with van der Waals surface area (Å²) in [4.78, 5) is 24.7. The summed E-state index contributed by atoms with van der Waals surface area (Å²) in [5.41, 5.74) is 4.75. The third kappa shape index (κ3) is 5.85. The Hall–Kier alpha value is -4.89. The van der Waals surface area contributed by atoms with E-state index in [1.807, 2.05) is 36.4 Å². The number of halogens is 2. The minimum absolute atomic E-state index is 0.111. The quantitative estimate of drug-likeness (QED) is 0.128. The molecule has 0 aliphatic heterocycles. The number of rotatable bonds is 9. The lowest BCUT2D eigenvalue weighted by atomic mass is 10.0. The number of carbonyl (C=O) groups excluding carboxylic acids is 2. The Kier molecular flexibility index (Phi) is 7.26. The molecule has 6 rings (SSSR count). The van der Waals surface area contributed by atoms with Crippen LogP contribution in [-0.2, 0) is 13.0 Å². The van der Waals surface area contributed by atoms with Crippen molar-refractivity contribution < 1.29 is 23.1 Å². The average molecular weight is 610 g/mol. The van der Waals surface area contributed by atoms with Gasteiger partial charge in [-0.05, 0) is 96.4 Å². The fourth-order valence-corrected chi connectivity index (χ4v) is 4.73. The Bertz CT molecular complexity index is 1880. The molecule has 4 aromatic carbocycles. The van der Waals surface area contributed by atoms with Crippen LogP contribution < -0.4 is 4.74 Å². The van der Waals surface area contributed by atoms with Crippen LogP contribution in [-0.4, -0.2) is 27.1 Å². The number of aromatic nitrogens is 3. The number of hydrogen-bond donors (Lipinski definition) is 0. The van der Waals surface area contributed by atoms with Gasteiger partial charge in [-0.3, -0.25) is 9.59 Å². The summed E-state index contributed by atoms with van der Waals surface area (Å²) >= 11 is 3.38. The lowest BCUT2D eigenvalue weighted by molar-refractivity contribution is 0.101. The number of fused-ring (bicyclic) bond motifs is 1. The summed E-state index contributed by atoms with van der Waals surface area (Å²) < 4.78 is 27.3. The van der Waals surface area contributed by atoms with E-state index < -0.39 is 0 Å². The molecule has 41 heavy (non-hydrogen) atoms. The highest BCUT2D eigenvalue weighted by molar-refractivity contribution is 9.10. The second-order valence-corrected chi connectivity index (χ2v) is 10.3. The van der Waals surface area contributed by atoms with E-state index in [1.165, 1.54) is 16.8 Å². The van der Waals surface area contributed by atoms with Crippen LogP contribution in [0, 0.1) is 5.82 Å². The van der Waals surface area contributed by atoms with E-state index in [1.54, 1.807) is 48.7 Å².